The summed E-state index contributed by atoms with van der Waals surface area (Å²) in [5.41, 5.74) is 9.60. The van der Waals surface area contributed by atoms with Crippen molar-refractivity contribution in [2.24, 2.45) is 5.41 Å². The summed E-state index contributed by atoms with van der Waals surface area (Å²) in [7, 11) is 0. The molecule has 0 radical (unpaired) electrons. The molecule has 1 aromatic rings. The lowest BCUT2D eigenvalue weighted by molar-refractivity contribution is 0.180. The van der Waals surface area contributed by atoms with E-state index in [1.165, 1.54) is 24.8 Å². The second-order valence-corrected chi connectivity index (χ2v) is 5.11. The molecule has 1 aromatic carbocycles. The van der Waals surface area contributed by atoms with E-state index in [1.54, 1.807) is 0 Å². The van der Waals surface area contributed by atoms with Gasteiger partial charge in [0.05, 0.1) is 11.4 Å². The second-order valence-electron chi connectivity index (χ2n) is 5.11. The van der Waals surface area contributed by atoms with E-state index >= 15 is 0 Å². The fraction of sp³-hybridized carbons (Fsp3) is 0.538. The van der Waals surface area contributed by atoms with Crippen molar-refractivity contribution < 1.29 is 0 Å². The number of hydrogen-bond acceptors (Lipinski definition) is 2. The lowest BCUT2D eigenvalue weighted by atomic mass is 9.70. The van der Waals surface area contributed by atoms with Crippen LogP contribution in [0.15, 0.2) is 18.2 Å². The lowest BCUT2D eigenvalue weighted by Crippen LogP contribution is -2.33. The summed E-state index contributed by atoms with van der Waals surface area (Å²) >= 11 is 0. The first-order chi connectivity index (χ1) is 7.09. The molecule has 0 heterocycles. The zero-order chi connectivity index (χ0) is 10.9. The molecule has 2 heteroatoms. The molecule has 0 saturated heterocycles. The molecule has 0 unspecified atom stereocenters. The van der Waals surface area contributed by atoms with Gasteiger partial charge in [-0.05, 0) is 42.9 Å². The number of hydrogen-bond donors (Lipinski definition) is 2. The molecular weight excluding hydrogens is 184 g/mol. The first-order valence-corrected chi connectivity index (χ1v) is 5.69. The van der Waals surface area contributed by atoms with Crippen LogP contribution in [0, 0.1) is 12.3 Å². The number of anilines is 2. The van der Waals surface area contributed by atoms with E-state index in [0.717, 1.165) is 17.9 Å². The molecule has 0 spiro atoms. The fourth-order valence-electron chi connectivity index (χ4n) is 2.11. The number of rotatable bonds is 3. The fourth-order valence-corrected chi connectivity index (χ4v) is 2.11. The average Bonchev–Trinajstić information content (AvgIpc) is 2.14. The summed E-state index contributed by atoms with van der Waals surface area (Å²) in [6, 6.07) is 6.19. The van der Waals surface area contributed by atoms with E-state index in [-0.39, 0.29) is 0 Å². The van der Waals surface area contributed by atoms with Gasteiger partial charge >= 0.3 is 0 Å². The van der Waals surface area contributed by atoms with Crippen molar-refractivity contribution in [2.45, 2.75) is 33.1 Å². The van der Waals surface area contributed by atoms with Gasteiger partial charge in [-0.3, -0.25) is 0 Å². The zero-order valence-corrected chi connectivity index (χ0v) is 9.64. The molecule has 1 aliphatic rings. The van der Waals surface area contributed by atoms with Gasteiger partial charge in [-0.15, -0.1) is 0 Å². The van der Waals surface area contributed by atoms with Crippen LogP contribution in [0.1, 0.15) is 31.7 Å². The SMILES string of the molecule is Cc1ccc(NCC2(C)CCC2)c(N)c1. The number of nitrogens with one attached hydrogen (secondary N) is 1. The van der Waals surface area contributed by atoms with E-state index < -0.39 is 0 Å². The molecule has 0 bridgehead atoms. The molecule has 82 valence electrons. The molecule has 0 amide bonds. The van der Waals surface area contributed by atoms with Crippen molar-refractivity contribution in [3.05, 3.63) is 23.8 Å². The second kappa shape index (κ2) is 3.76. The zero-order valence-electron chi connectivity index (χ0n) is 9.64. The first-order valence-electron chi connectivity index (χ1n) is 5.69. The van der Waals surface area contributed by atoms with Gasteiger partial charge in [0.2, 0.25) is 0 Å². The Bertz CT molecular complexity index is 354. The standard InChI is InChI=1S/C13H20N2/c1-10-4-5-12(11(14)8-10)15-9-13(2)6-3-7-13/h4-5,8,15H,3,6-7,9,14H2,1-2H3. The molecule has 2 nitrogen and oxygen atoms in total. The summed E-state index contributed by atoms with van der Waals surface area (Å²) in [4.78, 5) is 0. The molecule has 1 fully saturated rings. The van der Waals surface area contributed by atoms with Crippen molar-refractivity contribution in [1.82, 2.24) is 0 Å². The third kappa shape index (κ3) is 2.25. The Morgan fingerprint density at radius 1 is 1.40 bits per heavy atom. The average molecular weight is 204 g/mol. The van der Waals surface area contributed by atoms with Crippen molar-refractivity contribution >= 4 is 11.4 Å². The van der Waals surface area contributed by atoms with Crippen molar-refractivity contribution in [3.8, 4) is 0 Å². The maximum atomic E-state index is 5.95. The van der Waals surface area contributed by atoms with Gasteiger partial charge < -0.3 is 11.1 Å². The van der Waals surface area contributed by atoms with E-state index in [4.69, 9.17) is 5.73 Å². The van der Waals surface area contributed by atoms with Crippen LogP contribution in [0.3, 0.4) is 0 Å². The van der Waals surface area contributed by atoms with Gasteiger partial charge in [0.15, 0.2) is 0 Å². The number of nitrogen functional groups attached to an aromatic ring is 1. The van der Waals surface area contributed by atoms with Gasteiger partial charge in [-0.25, -0.2) is 0 Å². The molecule has 1 aliphatic carbocycles. The van der Waals surface area contributed by atoms with Crippen LogP contribution >= 0.6 is 0 Å². The molecule has 0 atom stereocenters. The van der Waals surface area contributed by atoms with Crippen LogP contribution in [0.2, 0.25) is 0 Å². The van der Waals surface area contributed by atoms with Crippen LogP contribution in [0.5, 0.6) is 0 Å². The van der Waals surface area contributed by atoms with Crippen molar-refractivity contribution in [2.75, 3.05) is 17.6 Å². The molecule has 0 aromatic heterocycles. The topological polar surface area (TPSA) is 38.0 Å². The van der Waals surface area contributed by atoms with Crippen LogP contribution in [-0.2, 0) is 0 Å². The molecule has 2 rings (SSSR count). The highest BCUT2D eigenvalue weighted by Crippen LogP contribution is 2.40. The quantitative estimate of drug-likeness (QED) is 0.742. The van der Waals surface area contributed by atoms with E-state index in [2.05, 4.69) is 31.3 Å². The van der Waals surface area contributed by atoms with E-state index in [9.17, 15) is 0 Å². The summed E-state index contributed by atoms with van der Waals surface area (Å²) < 4.78 is 0. The molecule has 1 saturated carbocycles. The van der Waals surface area contributed by atoms with Gasteiger partial charge in [0.25, 0.3) is 0 Å². The van der Waals surface area contributed by atoms with Crippen molar-refractivity contribution in [3.63, 3.8) is 0 Å². The number of nitrogens with two attached hydrogens (primary N) is 1. The summed E-state index contributed by atoms with van der Waals surface area (Å²) in [5, 5.41) is 3.46. The minimum absolute atomic E-state index is 0.497. The Hall–Kier alpha value is -1.18. The van der Waals surface area contributed by atoms with E-state index in [1.807, 2.05) is 6.07 Å². The van der Waals surface area contributed by atoms with Crippen LogP contribution in [-0.4, -0.2) is 6.54 Å². The predicted octanol–water partition coefficient (Wildman–Crippen LogP) is 3.18. The summed E-state index contributed by atoms with van der Waals surface area (Å²) in [5.74, 6) is 0. The van der Waals surface area contributed by atoms with Gasteiger partial charge in [0.1, 0.15) is 0 Å². The normalized spacial score (nSPS) is 18.3. The predicted molar refractivity (Wildman–Crippen MR) is 66.0 cm³/mol. The third-order valence-electron chi connectivity index (χ3n) is 3.47. The van der Waals surface area contributed by atoms with Crippen LogP contribution in [0.4, 0.5) is 11.4 Å². The maximum absolute atomic E-state index is 5.95. The summed E-state index contributed by atoms with van der Waals surface area (Å²) in [6.45, 7) is 5.45. The van der Waals surface area contributed by atoms with Crippen LogP contribution < -0.4 is 11.1 Å². The van der Waals surface area contributed by atoms with E-state index in [0.29, 0.717) is 5.41 Å². The molecule has 3 N–H and O–H groups in total. The van der Waals surface area contributed by atoms with Crippen molar-refractivity contribution in [1.29, 1.82) is 0 Å². The maximum Gasteiger partial charge on any atom is 0.0574 e. The molecule has 0 aliphatic heterocycles. The first kappa shape index (κ1) is 10.3. The highest BCUT2D eigenvalue weighted by molar-refractivity contribution is 5.66. The minimum atomic E-state index is 0.497. The Morgan fingerprint density at radius 2 is 2.13 bits per heavy atom. The molecular formula is C13H20N2. The highest BCUT2D eigenvalue weighted by atomic mass is 14.9. The largest absolute Gasteiger partial charge is 0.397 e. The monoisotopic (exact) mass is 204 g/mol. The lowest BCUT2D eigenvalue weighted by Gasteiger charge is -2.38. The Labute approximate surface area is 91.9 Å². The smallest absolute Gasteiger partial charge is 0.0574 e. The Balaban J connectivity index is 1.98. The Kier molecular flexibility index (Phi) is 2.59. The minimum Gasteiger partial charge on any atom is -0.397 e. The third-order valence-corrected chi connectivity index (χ3v) is 3.47. The Morgan fingerprint density at radius 3 is 2.67 bits per heavy atom. The number of aryl methyl sites for hydroxylation is 1. The van der Waals surface area contributed by atoms with Gasteiger partial charge in [0, 0.05) is 6.54 Å². The highest BCUT2D eigenvalue weighted by Gasteiger charge is 2.31. The van der Waals surface area contributed by atoms with Gasteiger partial charge in [-0.1, -0.05) is 19.4 Å². The summed E-state index contributed by atoms with van der Waals surface area (Å²) in [6.07, 6.45) is 4.05. The van der Waals surface area contributed by atoms with Crippen LogP contribution in [0.25, 0.3) is 0 Å². The van der Waals surface area contributed by atoms with Gasteiger partial charge in [-0.2, -0.15) is 0 Å². The number of benzene rings is 1. The molecule has 15 heavy (non-hydrogen) atoms.